The van der Waals surface area contributed by atoms with Crippen LogP contribution in [0.5, 0.6) is 0 Å². The average Bonchev–Trinajstić information content (AvgIpc) is 2.49. The standard InChI is InChI=1S/C15H25NO3/c1-13-8-14(2)11(18-4)10(17)6-7-15(14,19-5)12(13)16(3)9-13/h11-12H,6-9H2,1-5H3. The summed E-state index contributed by atoms with van der Waals surface area (Å²) in [5.41, 5.74) is -0.208. The van der Waals surface area contributed by atoms with Crippen molar-refractivity contribution in [2.75, 3.05) is 27.8 Å². The van der Waals surface area contributed by atoms with Crippen molar-refractivity contribution in [2.24, 2.45) is 10.8 Å². The number of carbonyl (C=O) groups is 1. The average molecular weight is 267 g/mol. The summed E-state index contributed by atoms with van der Waals surface area (Å²) in [6.07, 6.45) is 2.08. The van der Waals surface area contributed by atoms with Crippen LogP contribution in [0.2, 0.25) is 0 Å². The Balaban J connectivity index is 2.11. The molecule has 2 saturated carbocycles. The van der Waals surface area contributed by atoms with E-state index < -0.39 is 0 Å². The van der Waals surface area contributed by atoms with E-state index in [9.17, 15) is 4.79 Å². The molecule has 3 rings (SSSR count). The lowest BCUT2D eigenvalue weighted by Crippen LogP contribution is -2.70. The molecule has 19 heavy (non-hydrogen) atoms. The van der Waals surface area contributed by atoms with E-state index in [1.54, 1.807) is 14.2 Å². The zero-order chi connectivity index (χ0) is 14.1. The van der Waals surface area contributed by atoms with Crippen LogP contribution in [0.3, 0.4) is 0 Å². The number of nitrogens with zero attached hydrogens (tertiary/aromatic N) is 1. The summed E-state index contributed by atoms with van der Waals surface area (Å²) in [4.78, 5) is 14.6. The first-order chi connectivity index (χ1) is 8.84. The van der Waals surface area contributed by atoms with Crippen LogP contribution in [0.15, 0.2) is 0 Å². The number of rotatable bonds is 2. The Morgan fingerprint density at radius 3 is 2.53 bits per heavy atom. The van der Waals surface area contributed by atoms with E-state index in [1.807, 2.05) is 0 Å². The molecule has 0 aromatic heterocycles. The summed E-state index contributed by atoms with van der Waals surface area (Å²) in [5.74, 6) is 0.241. The summed E-state index contributed by atoms with van der Waals surface area (Å²) < 4.78 is 11.7. The highest BCUT2D eigenvalue weighted by atomic mass is 16.5. The Morgan fingerprint density at radius 2 is 2.00 bits per heavy atom. The van der Waals surface area contributed by atoms with Crippen LogP contribution in [-0.2, 0) is 14.3 Å². The molecule has 4 nitrogen and oxygen atoms in total. The van der Waals surface area contributed by atoms with E-state index in [0.717, 1.165) is 19.4 Å². The fourth-order valence-corrected chi connectivity index (χ4v) is 5.91. The molecule has 108 valence electrons. The smallest absolute Gasteiger partial charge is 0.162 e. The second kappa shape index (κ2) is 3.80. The summed E-state index contributed by atoms with van der Waals surface area (Å²) >= 11 is 0. The van der Waals surface area contributed by atoms with Crippen molar-refractivity contribution < 1.29 is 14.3 Å². The molecule has 5 atom stereocenters. The largest absolute Gasteiger partial charge is 0.376 e. The van der Waals surface area contributed by atoms with Gasteiger partial charge in [-0.2, -0.15) is 0 Å². The lowest BCUT2D eigenvalue weighted by molar-refractivity contribution is -0.205. The summed E-state index contributed by atoms with van der Waals surface area (Å²) in [7, 11) is 5.63. The Kier molecular flexibility index (Phi) is 2.71. The molecule has 5 unspecified atom stereocenters. The van der Waals surface area contributed by atoms with E-state index in [2.05, 4.69) is 25.8 Å². The summed E-state index contributed by atoms with van der Waals surface area (Å²) in [5, 5.41) is 0. The van der Waals surface area contributed by atoms with E-state index in [0.29, 0.717) is 12.5 Å². The third-order valence-electron chi connectivity index (χ3n) is 6.10. The summed E-state index contributed by atoms with van der Waals surface area (Å²) in [6.45, 7) is 5.61. The number of ether oxygens (including phenoxy) is 2. The van der Waals surface area contributed by atoms with Gasteiger partial charge in [-0.15, -0.1) is 0 Å². The third kappa shape index (κ3) is 1.33. The number of methoxy groups -OCH3 is 2. The van der Waals surface area contributed by atoms with E-state index in [4.69, 9.17) is 9.47 Å². The number of ketones is 1. The van der Waals surface area contributed by atoms with Gasteiger partial charge in [0.2, 0.25) is 0 Å². The van der Waals surface area contributed by atoms with Crippen LogP contribution in [-0.4, -0.2) is 56.2 Å². The van der Waals surface area contributed by atoms with Crippen molar-refractivity contribution >= 4 is 5.78 Å². The quantitative estimate of drug-likeness (QED) is 0.759. The maximum absolute atomic E-state index is 12.3. The first kappa shape index (κ1) is 13.5. The van der Waals surface area contributed by atoms with Crippen molar-refractivity contribution in [2.45, 2.75) is 50.9 Å². The van der Waals surface area contributed by atoms with Gasteiger partial charge >= 0.3 is 0 Å². The van der Waals surface area contributed by atoms with Gasteiger partial charge in [0.1, 0.15) is 6.10 Å². The van der Waals surface area contributed by atoms with Crippen molar-refractivity contribution in [3.63, 3.8) is 0 Å². The molecule has 1 saturated heterocycles. The van der Waals surface area contributed by atoms with E-state index in [-0.39, 0.29) is 28.3 Å². The maximum Gasteiger partial charge on any atom is 0.162 e. The Labute approximate surface area is 115 Å². The van der Waals surface area contributed by atoms with E-state index in [1.165, 1.54) is 0 Å². The predicted molar refractivity (Wildman–Crippen MR) is 72.0 cm³/mol. The molecule has 0 bridgehead atoms. The number of likely N-dealkylation sites (N-methyl/N-ethyl adjacent to an activating group) is 1. The SMILES string of the molecule is COC1C(=O)CCC2(OC)C3N(C)CC3(C)CC12C. The summed E-state index contributed by atoms with van der Waals surface area (Å²) in [6, 6.07) is 0.403. The highest BCUT2D eigenvalue weighted by Crippen LogP contribution is 2.67. The van der Waals surface area contributed by atoms with Gasteiger partial charge in [-0.25, -0.2) is 0 Å². The van der Waals surface area contributed by atoms with Crippen LogP contribution >= 0.6 is 0 Å². The molecular formula is C15H25NO3. The minimum absolute atomic E-state index is 0.212. The molecule has 3 fully saturated rings. The van der Waals surface area contributed by atoms with Crippen LogP contribution in [0.1, 0.15) is 33.1 Å². The van der Waals surface area contributed by atoms with Crippen molar-refractivity contribution in [3.05, 3.63) is 0 Å². The lowest BCUT2D eigenvalue weighted by atomic mass is 9.62. The van der Waals surface area contributed by atoms with Crippen LogP contribution in [0.25, 0.3) is 0 Å². The molecule has 2 aliphatic carbocycles. The molecule has 0 aromatic rings. The number of Topliss-reactive ketones (excluding diaryl/α,β-unsaturated/α-hetero) is 1. The molecule has 1 heterocycles. The monoisotopic (exact) mass is 267 g/mol. The maximum atomic E-state index is 12.3. The van der Waals surface area contributed by atoms with Gasteiger partial charge in [-0.1, -0.05) is 13.8 Å². The van der Waals surface area contributed by atoms with E-state index >= 15 is 0 Å². The van der Waals surface area contributed by atoms with Gasteiger partial charge in [0, 0.05) is 38.6 Å². The highest BCUT2D eigenvalue weighted by molar-refractivity contribution is 5.85. The van der Waals surface area contributed by atoms with Gasteiger partial charge in [0.15, 0.2) is 5.78 Å². The van der Waals surface area contributed by atoms with Gasteiger partial charge in [0.05, 0.1) is 5.60 Å². The van der Waals surface area contributed by atoms with Crippen molar-refractivity contribution in [1.82, 2.24) is 4.90 Å². The minimum atomic E-state index is -0.322. The predicted octanol–water partition coefficient (Wildman–Crippen LogP) is 1.48. The fraction of sp³-hybridized carbons (Fsp3) is 0.933. The third-order valence-corrected chi connectivity index (χ3v) is 6.10. The van der Waals surface area contributed by atoms with Crippen LogP contribution in [0, 0.1) is 10.8 Å². The molecule has 3 aliphatic rings. The number of likely N-dealkylation sites (tertiary alicyclic amines) is 1. The van der Waals surface area contributed by atoms with Gasteiger partial charge in [-0.05, 0) is 25.3 Å². The molecule has 0 N–H and O–H groups in total. The van der Waals surface area contributed by atoms with Gasteiger partial charge < -0.3 is 9.47 Å². The first-order valence-corrected chi connectivity index (χ1v) is 7.15. The topological polar surface area (TPSA) is 38.8 Å². The fourth-order valence-electron chi connectivity index (χ4n) is 5.91. The van der Waals surface area contributed by atoms with Gasteiger partial charge in [0.25, 0.3) is 0 Å². The molecule has 0 aromatic carbocycles. The normalized spacial score (nSPS) is 53.6. The number of fused-ring (bicyclic) bond motifs is 3. The van der Waals surface area contributed by atoms with Crippen molar-refractivity contribution in [3.8, 4) is 0 Å². The molecule has 1 aliphatic heterocycles. The van der Waals surface area contributed by atoms with Crippen molar-refractivity contribution in [1.29, 1.82) is 0 Å². The van der Waals surface area contributed by atoms with Gasteiger partial charge in [-0.3, -0.25) is 9.69 Å². The number of hydrogen-bond acceptors (Lipinski definition) is 4. The van der Waals surface area contributed by atoms with Crippen LogP contribution in [0.4, 0.5) is 0 Å². The second-order valence-corrected chi connectivity index (χ2v) is 7.24. The zero-order valence-corrected chi connectivity index (χ0v) is 12.7. The minimum Gasteiger partial charge on any atom is -0.376 e. The molecule has 4 heteroatoms. The molecule has 0 amide bonds. The second-order valence-electron chi connectivity index (χ2n) is 7.24. The Hall–Kier alpha value is -0.450. The Bertz CT molecular complexity index is 426. The number of carbonyl (C=O) groups excluding carboxylic acids is 1. The number of hydrogen-bond donors (Lipinski definition) is 0. The van der Waals surface area contributed by atoms with Crippen LogP contribution < -0.4 is 0 Å². The molecular weight excluding hydrogens is 242 g/mol. The zero-order valence-electron chi connectivity index (χ0n) is 12.7. The first-order valence-electron chi connectivity index (χ1n) is 7.15. The molecule has 0 radical (unpaired) electrons. The molecule has 0 spiro atoms. The lowest BCUT2D eigenvalue weighted by Gasteiger charge is -2.58. The Morgan fingerprint density at radius 1 is 1.32 bits per heavy atom. The highest BCUT2D eigenvalue weighted by Gasteiger charge is 2.75.